The number of nitrogens with zero attached hydrogens (tertiary/aromatic N) is 4. The molecule has 10 heteroatoms. The highest BCUT2D eigenvalue weighted by Crippen LogP contribution is 2.34. The number of halogens is 1. The Balaban J connectivity index is 1.48. The third-order valence-electron chi connectivity index (χ3n) is 4.23. The summed E-state index contributed by atoms with van der Waals surface area (Å²) < 4.78 is 25.3. The van der Waals surface area contributed by atoms with Crippen molar-refractivity contribution in [1.29, 1.82) is 0 Å². The normalized spacial score (nSPS) is 10.8. The summed E-state index contributed by atoms with van der Waals surface area (Å²) in [5.74, 6) is 0.647. The number of thioether (sulfide) groups is 1. The molecule has 7 nitrogen and oxygen atoms in total. The average Bonchev–Trinajstić information content (AvgIpc) is 3.43. The van der Waals surface area contributed by atoms with Crippen LogP contribution in [0.1, 0.15) is 12.6 Å². The topological polar surface area (TPSA) is 81.4 Å². The molecular weight excluding hydrogens is 439 g/mol. The molecule has 0 aliphatic rings. The standard InChI is InChI=1S/C21H17FN4O3S2/c1-13(27)26(17-9-5-4-8-16(17)22)20-23-14(11-30-20)12-31-21-25-24-19(29-21)15-7-3-6-10-18(15)28-2/h3-11H,12H2,1-2H3. The number of benzene rings is 2. The van der Waals surface area contributed by atoms with Gasteiger partial charge in [-0.25, -0.2) is 9.37 Å². The number of hydrogen-bond acceptors (Lipinski definition) is 8. The summed E-state index contributed by atoms with van der Waals surface area (Å²) in [4.78, 5) is 17.9. The molecular formula is C21H17FN4O3S2. The van der Waals surface area contributed by atoms with Crippen molar-refractivity contribution in [3.05, 3.63) is 65.4 Å². The van der Waals surface area contributed by atoms with E-state index in [1.54, 1.807) is 25.3 Å². The zero-order valence-corrected chi connectivity index (χ0v) is 18.2. The SMILES string of the molecule is COc1ccccc1-c1nnc(SCc2csc(N(C(C)=O)c3ccccc3F)n2)o1. The first-order valence-electron chi connectivity index (χ1n) is 9.16. The van der Waals surface area contributed by atoms with Crippen molar-refractivity contribution in [1.82, 2.24) is 15.2 Å². The van der Waals surface area contributed by atoms with Crippen molar-refractivity contribution in [2.45, 2.75) is 17.9 Å². The minimum Gasteiger partial charge on any atom is -0.496 e. The number of amides is 1. The predicted molar refractivity (Wildman–Crippen MR) is 117 cm³/mol. The van der Waals surface area contributed by atoms with Gasteiger partial charge in [0.2, 0.25) is 5.91 Å². The molecule has 1 amide bonds. The van der Waals surface area contributed by atoms with Gasteiger partial charge in [0.15, 0.2) is 5.13 Å². The Hall–Kier alpha value is -3.24. The van der Waals surface area contributed by atoms with Crippen LogP contribution in [0.2, 0.25) is 0 Å². The molecule has 0 saturated heterocycles. The van der Waals surface area contributed by atoms with Gasteiger partial charge in [0, 0.05) is 18.1 Å². The third-order valence-corrected chi connectivity index (χ3v) is 5.95. The first kappa shape index (κ1) is 21.0. The van der Waals surface area contributed by atoms with Crippen LogP contribution in [0.4, 0.5) is 15.2 Å². The third kappa shape index (κ3) is 4.59. The Morgan fingerprint density at radius 1 is 1.19 bits per heavy atom. The number of thiazole rings is 1. The molecule has 0 N–H and O–H groups in total. The second kappa shape index (κ2) is 9.27. The molecule has 0 saturated carbocycles. The Labute approximate surface area is 185 Å². The number of aromatic nitrogens is 3. The van der Waals surface area contributed by atoms with E-state index in [4.69, 9.17) is 9.15 Å². The van der Waals surface area contributed by atoms with E-state index in [2.05, 4.69) is 15.2 Å². The van der Waals surface area contributed by atoms with E-state index in [1.165, 1.54) is 41.0 Å². The molecule has 0 aliphatic carbocycles. The van der Waals surface area contributed by atoms with Crippen LogP contribution < -0.4 is 9.64 Å². The minimum atomic E-state index is -0.487. The van der Waals surface area contributed by atoms with Crippen LogP contribution in [-0.4, -0.2) is 28.2 Å². The lowest BCUT2D eigenvalue weighted by Gasteiger charge is -2.18. The van der Waals surface area contributed by atoms with Gasteiger partial charge in [0.25, 0.3) is 11.1 Å². The van der Waals surface area contributed by atoms with Crippen LogP contribution >= 0.6 is 23.1 Å². The number of hydrogen-bond donors (Lipinski definition) is 0. The molecule has 0 bridgehead atoms. The number of carbonyl (C=O) groups is 1. The summed E-state index contributed by atoms with van der Waals surface area (Å²) >= 11 is 2.58. The van der Waals surface area contributed by atoms with E-state index >= 15 is 0 Å². The monoisotopic (exact) mass is 456 g/mol. The van der Waals surface area contributed by atoms with Crippen LogP contribution in [0.5, 0.6) is 5.75 Å². The van der Waals surface area contributed by atoms with Gasteiger partial charge >= 0.3 is 0 Å². The van der Waals surface area contributed by atoms with Gasteiger partial charge in [0.05, 0.1) is 24.1 Å². The summed E-state index contributed by atoms with van der Waals surface area (Å²) in [6.07, 6.45) is 0. The molecule has 2 aromatic carbocycles. The molecule has 0 radical (unpaired) electrons. The van der Waals surface area contributed by atoms with Gasteiger partial charge in [-0.15, -0.1) is 21.5 Å². The van der Waals surface area contributed by atoms with E-state index in [9.17, 15) is 9.18 Å². The van der Waals surface area contributed by atoms with Gasteiger partial charge in [0.1, 0.15) is 11.6 Å². The van der Waals surface area contributed by atoms with Crippen LogP contribution in [0, 0.1) is 5.82 Å². The molecule has 31 heavy (non-hydrogen) atoms. The molecule has 4 rings (SSSR count). The maximum absolute atomic E-state index is 14.2. The highest BCUT2D eigenvalue weighted by molar-refractivity contribution is 7.98. The highest BCUT2D eigenvalue weighted by atomic mass is 32.2. The van der Waals surface area contributed by atoms with E-state index in [1.807, 2.05) is 29.6 Å². The van der Waals surface area contributed by atoms with Crippen LogP contribution in [0.15, 0.2) is 63.6 Å². The number of anilines is 2. The number of methoxy groups -OCH3 is 1. The Bertz CT molecular complexity index is 1210. The van der Waals surface area contributed by atoms with Crippen molar-refractivity contribution in [2.24, 2.45) is 0 Å². The Kier molecular flexibility index (Phi) is 6.28. The Morgan fingerprint density at radius 3 is 2.74 bits per heavy atom. The second-order valence-electron chi connectivity index (χ2n) is 6.29. The van der Waals surface area contributed by atoms with Crippen molar-refractivity contribution < 1.29 is 18.3 Å². The van der Waals surface area contributed by atoms with Crippen LogP contribution in [-0.2, 0) is 10.5 Å². The largest absolute Gasteiger partial charge is 0.496 e. The molecule has 0 aliphatic heterocycles. The lowest BCUT2D eigenvalue weighted by Crippen LogP contribution is -2.23. The minimum absolute atomic E-state index is 0.168. The van der Waals surface area contributed by atoms with Crippen molar-refractivity contribution in [3.63, 3.8) is 0 Å². The molecule has 4 aromatic rings. The first-order chi connectivity index (χ1) is 15.1. The maximum Gasteiger partial charge on any atom is 0.277 e. The fraction of sp³-hybridized carbons (Fsp3) is 0.143. The van der Waals surface area contributed by atoms with Crippen molar-refractivity contribution >= 4 is 39.8 Å². The van der Waals surface area contributed by atoms with Gasteiger partial charge in [-0.3, -0.25) is 9.69 Å². The molecule has 0 fully saturated rings. The van der Waals surface area contributed by atoms with Crippen LogP contribution in [0.3, 0.4) is 0 Å². The summed E-state index contributed by atoms with van der Waals surface area (Å²) in [5.41, 5.74) is 1.59. The first-order valence-corrected chi connectivity index (χ1v) is 11.0. The molecule has 158 valence electrons. The highest BCUT2D eigenvalue weighted by Gasteiger charge is 2.21. The number of para-hydroxylation sites is 2. The number of ether oxygens (including phenoxy) is 1. The number of rotatable bonds is 7. The van der Waals surface area contributed by atoms with Crippen LogP contribution in [0.25, 0.3) is 11.5 Å². The summed E-state index contributed by atoms with van der Waals surface area (Å²) in [7, 11) is 1.58. The van der Waals surface area contributed by atoms with E-state index < -0.39 is 5.82 Å². The van der Waals surface area contributed by atoms with Crippen molar-refractivity contribution in [3.8, 4) is 17.2 Å². The molecule has 0 unspecified atom stereocenters. The molecule has 0 atom stereocenters. The van der Waals surface area contributed by atoms with Crippen molar-refractivity contribution in [2.75, 3.05) is 12.0 Å². The maximum atomic E-state index is 14.2. The quantitative estimate of drug-likeness (QED) is 0.348. The zero-order valence-electron chi connectivity index (χ0n) is 16.6. The van der Waals surface area contributed by atoms with E-state index in [0.717, 1.165) is 0 Å². The predicted octanol–water partition coefficient (Wildman–Crippen LogP) is 5.32. The van der Waals surface area contributed by atoms with E-state index in [-0.39, 0.29) is 11.6 Å². The van der Waals surface area contributed by atoms with E-state index in [0.29, 0.717) is 39.0 Å². The smallest absolute Gasteiger partial charge is 0.277 e. The molecule has 0 spiro atoms. The molecule has 2 aromatic heterocycles. The summed E-state index contributed by atoms with van der Waals surface area (Å²) in [5, 5.41) is 10.7. The van der Waals surface area contributed by atoms with Gasteiger partial charge in [-0.2, -0.15) is 0 Å². The van der Waals surface area contributed by atoms with Gasteiger partial charge in [-0.1, -0.05) is 36.0 Å². The summed E-state index contributed by atoms with van der Waals surface area (Å²) in [6.45, 7) is 1.38. The summed E-state index contributed by atoms with van der Waals surface area (Å²) in [6, 6.07) is 13.5. The lowest BCUT2D eigenvalue weighted by atomic mass is 10.2. The Morgan fingerprint density at radius 2 is 1.97 bits per heavy atom. The van der Waals surface area contributed by atoms with Gasteiger partial charge < -0.3 is 9.15 Å². The zero-order chi connectivity index (χ0) is 21.8. The number of carbonyl (C=O) groups excluding carboxylic acids is 1. The molecule has 2 heterocycles. The lowest BCUT2D eigenvalue weighted by molar-refractivity contribution is -0.115. The van der Waals surface area contributed by atoms with Gasteiger partial charge in [-0.05, 0) is 24.3 Å². The fourth-order valence-corrected chi connectivity index (χ4v) is 4.48. The average molecular weight is 457 g/mol. The second-order valence-corrected chi connectivity index (χ2v) is 8.05. The fourth-order valence-electron chi connectivity index (χ4n) is 2.84.